The Morgan fingerprint density at radius 2 is 1.90 bits per heavy atom. The second-order valence-electron chi connectivity index (χ2n) is 5.73. The minimum absolute atomic E-state index is 0.0598. The van der Waals surface area contributed by atoms with Crippen LogP contribution in [-0.4, -0.2) is 17.5 Å². The summed E-state index contributed by atoms with van der Waals surface area (Å²) in [6.45, 7) is 0.766. The number of rotatable bonds is 2. The zero-order valence-electron chi connectivity index (χ0n) is 11.3. The second-order valence-corrected chi connectivity index (χ2v) is 5.73. The predicted octanol–water partition coefficient (Wildman–Crippen LogP) is 3.46. The van der Waals surface area contributed by atoms with Gasteiger partial charge >= 0.3 is 6.18 Å². The van der Waals surface area contributed by atoms with Crippen molar-refractivity contribution in [3.05, 3.63) is 34.9 Å². The van der Waals surface area contributed by atoms with Gasteiger partial charge in [0, 0.05) is 25.2 Å². The molecule has 0 radical (unpaired) electrons. The fourth-order valence-corrected chi connectivity index (χ4v) is 3.71. The van der Waals surface area contributed by atoms with Gasteiger partial charge in [0.25, 0.3) is 0 Å². The van der Waals surface area contributed by atoms with Crippen LogP contribution >= 0.6 is 0 Å². The van der Waals surface area contributed by atoms with Crippen molar-refractivity contribution in [2.45, 2.75) is 50.5 Å². The van der Waals surface area contributed by atoms with E-state index in [0.29, 0.717) is 24.7 Å². The molecule has 1 atom stereocenters. The highest BCUT2D eigenvalue weighted by atomic mass is 19.4. The summed E-state index contributed by atoms with van der Waals surface area (Å²) in [6, 6.07) is 4.82. The highest BCUT2D eigenvalue weighted by molar-refractivity contribution is 5.42. The Morgan fingerprint density at radius 3 is 2.50 bits per heavy atom. The quantitative estimate of drug-likeness (QED) is 0.901. The molecule has 1 aromatic rings. The Labute approximate surface area is 116 Å². The molecule has 2 aliphatic rings. The normalized spacial score (nSPS) is 24.3. The van der Waals surface area contributed by atoms with E-state index in [2.05, 4.69) is 4.90 Å². The van der Waals surface area contributed by atoms with Crippen molar-refractivity contribution in [3.8, 4) is 0 Å². The number of fused-ring (bicyclic) bond motifs is 1. The van der Waals surface area contributed by atoms with Crippen LogP contribution in [0.25, 0.3) is 0 Å². The molecule has 2 nitrogen and oxygen atoms in total. The van der Waals surface area contributed by atoms with Gasteiger partial charge in [0.15, 0.2) is 0 Å². The van der Waals surface area contributed by atoms with Gasteiger partial charge in [-0.1, -0.05) is 25.0 Å². The molecule has 0 saturated heterocycles. The maximum absolute atomic E-state index is 13.1. The van der Waals surface area contributed by atoms with E-state index in [1.807, 2.05) is 0 Å². The van der Waals surface area contributed by atoms with E-state index in [1.165, 1.54) is 25.0 Å². The molecule has 0 aromatic heterocycles. The van der Waals surface area contributed by atoms with Crippen molar-refractivity contribution in [1.29, 1.82) is 0 Å². The van der Waals surface area contributed by atoms with Crippen LogP contribution in [0.4, 0.5) is 13.2 Å². The maximum atomic E-state index is 13.1. The summed E-state index contributed by atoms with van der Waals surface area (Å²) < 4.78 is 39.4. The summed E-state index contributed by atoms with van der Waals surface area (Å²) in [5.74, 6) is 0. The molecule has 1 aliphatic carbocycles. The predicted molar refractivity (Wildman–Crippen MR) is 71.0 cm³/mol. The standard InChI is InChI=1S/C15H19F3N2/c16-15(17,18)13-7-3-6-11-12(13)9-20(14(11)8-19)10-4-1-2-5-10/h3,6-7,10,14H,1-2,4-5,8-9,19H2. The van der Waals surface area contributed by atoms with Crippen molar-refractivity contribution in [2.75, 3.05) is 6.54 Å². The van der Waals surface area contributed by atoms with Gasteiger partial charge in [0.2, 0.25) is 0 Å². The van der Waals surface area contributed by atoms with E-state index in [9.17, 15) is 13.2 Å². The molecular weight excluding hydrogens is 265 g/mol. The fraction of sp³-hybridized carbons (Fsp3) is 0.600. The van der Waals surface area contributed by atoms with Crippen LogP contribution in [0, 0.1) is 0 Å². The molecule has 110 valence electrons. The average Bonchev–Trinajstić information content (AvgIpc) is 3.03. The van der Waals surface area contributed by atoms with Gasteiger partial charge in [-0.15, -0.1) is 0 Å². The lowest BCUT2D eigenvalue weighted by molar-refractivity contribution is -0.138. The summed E-state index contributed by atoms with van der Waals surface area (Å²) in [5.41, 5.74) is 6.56. The van der Waals surface area contributed by atoms with Gasteiger partial charge in [-0.2, -0.15) is 13.2 Å². The molecule has 1 aromatic carbocycles. The molecule has 20 heavy (non-hydrogen) atoms. The lowest BCUT2D eigenvalue weighted by Gasteiger charge is -2.30. The number of hydrogen-bond acceptors (Lipinski definition) is 2. The fourth-order valence-electron chi connectivity index (χ4n) is 3.71. The van der Waals surface area contributed by atoms with Gasteiger partial charge in [-0.25, -0.2) is 0 Å². The second kappa shape index (κ2) is 5.04. The number of benzene rings is 1. The van der Waals surface area contributed by atoms with E-state index >= 15 is 0 Å². The van der Waals surface area contributed by atoms with Crippen LogP contribution in [-0.2, 0) is 12.7 Å². The summed E-state index contributed by atoms with van der Waals surface area (Å²) in [5, 5.41) is 0. The minimum atomic E-state index is -4.28. The molecule has 1 fully saturated rings. The molecule has 3 rings (SSSR count). The number of hydrogen-bond donors (Lipinski definition) is 1. The van der Waals surface area contributed by atoms with Crippen LogP contribution in [0.5, 0.6) is 0 Å². The topological polar surface area (TPSA) is 29.3 Å². The smallest absolute Gasteiger partial charge is 0.329 e. The SMILES string of the molecule is NCC1c2cccc(C(F)(F)F)c2CN1C1CCCC1. The van der Waals surface area contributed by atoms with Crippen LogP contribution in [0.1, 0.15) is 48.4 Å². The molecule has 1 aliphatic heterocycles. The first-order valence-electron chi connectivity index (χ1n) is 7.17. The molecule has 2 N–H and O–H groups in total. The first-order chi connectivity index (χ1) is 9.52. The third kappa shape index (κ3) is 2.23. The molecule has 0 amide bonds. The molecular formula is C15H19F3N2. The van der Waals surface area contributed by atoms with Crippen LogP contribution < -0.4 is 5.73 Å². The van der Waals surface area contributed by atoms with Crippen molar-refractivity contribution >= 4 is 0 Å². The van der Waals surface area contributed by atoms with Crippen LogP contribution in [0.3, 0.4) is 0 Å². The van der Waals surface area contributed by atoms with Crippen molar-refractivity contribution < 1.29 is 13.2 Å². The van der Waals surface area contributed by atoms with Gasteiger partial charge in [0.1, 0.15) is 0 Å². The Balaban J connectivity index is 1.98. The zero-order chi connectivity index (χ0) is 14.3. The zero-order valence-corrected chi connectivity index (χ0v) is 11.3. The third-order valence-corrected chi connectivity index (χ3v) is 4.63. The van der Waals surface area contributed by atoms with Gasteiger partial charge in [-0.3, -0.25) is 4.90 Å². The van der Waals surface area contributed by atoms with Crippen LogP contribution in [0.2, 0.25) is 0 Å². The Morgan fingerprint density at radius 1 is 1.20 bits per heavy atom. The number of nitrogens with zero attached hydrogens (tertiary/aromatic N) is 1. The van der Waals surface area contributed by atoms with Crippen molar-refractivity contribution in [3.63, 3.8) is 0 Å². The Bertz CT molecular complexity index is 492. The Hall–Kier alpha value is -1.07. The van der Waals surface area contributed by atoms with Gasteiger partial charge in [0.05, 0.1) is 5.56 Å². The molecule has 0 bridgehead atoms. The lowest BCUT2D eigenvalue weighted by atomic mass is 9.99. The number of alkyl halides is 3. The molecule has 5 heteroatoms. The summed E-state index contributed by atoms with van der Waals surface area (Å²) in [6.07, 6.45) is 0.204. The number of nitrogens with two attached hydrogens (primary N) is 1. The summed E-state index contributed by atoms with van der Waals surface area (Å²) >= 11 is 0. The van der Waals surface area contributed by atoms with E-state index in [1.54, 1.807) is 6.07 Å². The molecule has 1 heterocycles. The minimum Gasteiger partial charge on any atom is -0.329 e. The van der Waals surface area contributed by atoms with E-state index in [0.717, 1.165) is 18.4 Å². The summed E-state index contributed by atoms with van der Waals surface area (Å²) in [7, 11) is 0. The first kappa shape index (κ1) is 13.9. The van der Waals surface area contributed by atoms with E-state index in [4.69, 9.17) is 5.73 Å². The average molecular weight is 284 g/mol. The van der Waals surface area contributed by atoms with Crippen LogP contribution in [0.15, 0.2) is 18.2 Å². The first-order valence-corrected chi connectivity index (χ1v) is 7.17. The monoisotopic (exact) mass is 284 g/mol. The highest BCUT2D eigenvalue weighted by Gasteiger charge is 2.41. The van der Waals surface area contributed by atoms with Crippen molar-refractivity contribution in [2.24, 2.45) is 5.73 Å². The maximum Gasteiger partial charge on any atom is 0.416 e. The van der Waals surface area contributed by atoms with Gasteiger partial charge < -0.3 is 5.73 Å². The van der Waals surface area contributed by atoms with Crippen molar-refractivity contribution in [1.82, 2.24) is 4.90 Å². The molecule has 1 saturated carbocycles. The largest absolute Gasteiger partial charge is 0.416 e. The third-order valence-electron chi connectivity index (χ3n) is 4.63. The highest BCUT2D eigenvalue weighted by Crippen LogP contribution is 2.43. The lowest BCUT2D eigenvalue weighted by Crippen LogP contribution is -2.35. The number of halogens is 3. The van der Waals surface area contributed by atoms with Gasteiger partial charge in [-0.05, 0) is 30.0 Å². The summed E-state index contributed by atoms with van der Waals surface area (Å²) in [4.78, 5) is 2.19. The van der Waals surface area contributed by atoms with E-state index in [-0.39, 0.29) is 6.04 Å². The molecule has 1 unspecified atom stereocenters. The Kier molecular flexibility index (Phi) is 3.50. The van der Waals surface area contributed by atoms with E-state index < -0.39 is 11.7 Å². The molecule has 0 spiro atoms.